The first-order chi connectivity index (χ1) is 8.78. The Balaban J connectivity index is 1.76. The minimum atomic E-state index is -1.98. The third kappa shape index (κ3) is 2.39. The molecule has 0 bridgehead atoms. The van der Waals surface area contributed by atoms with Crippen molar-refractivity contribution in [1.82, 2.24) is 0 Å². The summed E-state index contributed by atoms with van der Waals surface area (Å²) >= 11 is 0. The molecular weight excluding hydrogens is 240 g/mol. The maximum absolute atomic E-state index is 6.27. The van der Waals surface area contributed by atoms with E-state index in [4.69, 9.17) is 8.85 Å². The van der Waals surface area contributed by atoms with Crippen LogP contribution in [0.1, 0.15) is 43.2 Å². The molecule has 0 N–H and O–H groups in total. The molecule has 18 heavy (non-hydrogen) atoms. The van der Waals surface area contributed by atoms with E-state index in [1.807, 2.05) is 0 Å². The van der Waals surface area contributed by atoms with Crippen LogP contribution in [0.25, 0.3) is 0 Å². The van der Waals surface area contributed by atoms with Crippen molar-refractivity contribution >= 4 is 8.56 Å². The summed E-state index contributed by atoms with van der Waals surface area (Å²) in [5, 5.41) is 0. The molecule has 98 valence electrons. The highest BCUT2D eigenvalue weighted by Gasteiger charge is 2.42. The molecule has 1 aromatic carbocycles. The van der Waals surface area contributed by atoms with E-state index >= 15 is 0 Å². The van der Waals surface area contributed by atoms with Crippen LogP contribution in [0, 0.1) is 0 Å². The molecule has 1 heterocycles. The van der Waals surface area contributed by atoms with Gasteiger partial charge in [-0.3, -0.25) is 0 Å². The Morgan fingerprint density at radius 1 is 0.944 bits per heavy atom. The lowest BCUT2D eigenvalue weighted by molar-refractivity contribution is 0.157. The highest BCUT2D eigenvalue weighted by atomic mass is 28.4. The highest BCUT2D eigenvalue weighted by molar-refractivity contribution is 6.67. The molecule has 2 nitrogen and oxygen atoms in total. The Kier molecular flexibility index (Phi) is 3.55. The number of rotatable bonds is 1. The number of hydrogen-bond acceptors (Lipinski definition) is 2. The fraction of sp³-hybridized carbons (Fsp3) is 0.600. The summed E-state index contributed by atoms with van der Waals surface area (Å²) in [5.41, 5.74) is 3.31. The summed E-state index contributed by atoms with van der Waals surface area (Å²) in [6.07, 6.45) is 6.71. The SMILES string of the molecule is C[Si]1(C2CCCCC2)OCc2ccccc2CO1. The van der Waals surface area contributed by atoms with Gasteiger partial charge < -0.3 is 8.85 Å². The second-order valence-electron chi connectivity index (χ2n) is 5.70. The van der Waals surface area contributed by atoms with Crippen molar-refractivity contribution < 1.29 is 8.85 Å². The first kappa shape index (κ1) is 12.4. The normalized spacial score (nSPS) is 24.3. The van der Waals surface area contributed by atoms with E-state index in [1.54, 1.807) is 0 Å². The summed E-state index contributed by atoms with van der Waals surface area (Å²) in [4.78, 5) is 0. The summed E-state index contributed by atoms with van der Waals surface area (Å²) in [7, 11) is -1.98. The zero-order chi connectivity index (χ0) is 12.4. The number of benzene rings is 1. The fourth-order valence-corrected chi connectivity index (χ4v) is 6.08. The van der Waals surface area contributed by atoms with Crippen molar-refractivity contribution in [1.29, 1.82) is 0 Å². The first-order valence-corrected chi connectivity index (χ1v) is 9.52. The molecule has 1 aliphatic heterocycles. The molecule has 3 heteroatoms. The predicted octanol–water partition coefficient (Wildman–Crippen LogP) is 4.14. The minimum Gasteiger partial charge on any atom is -0.390 e. The standard InChI is InChI=1S/C15H22O2Si/c1-18(15-9-3-2-4-10-15)16-11-13-7-5-6-8-14(13)12-17-18/h5-8,15H,2-4,9-12H2,1H3. The smallest absolute Gasteiger partial charge is 0.338 e. The lowest BCUT2D eigenvalue weighted by Gasteiger charge is -2.35. The number of fused-ring (bicyclic) bond motifs is 1. The highest BCUT2D eigenvalue weighted by Crippen LogP contribution is 2.40. The summed E-state index contributed by atoms with van der Waals surface area (Å²) in [6, 6.07) is 8.51. The number of hydrogen-bond donors (Lipinski definition) is 0. The molecule has 0 radical (unpaired) electrons. The monoisotopic (exact) mass is 262 g/mol. The van der Waals surface area contributed by atoms with Gasteiger partial charge in [-0.05, 0) is 30.5 Å². The van der Waals surface area contributed by atoms with E-state index in [0.29, 0.717) is 5.54 Å². The van der Waals surface area contributed by atoms with Crippen LogP contribution >= 0.6 is 0 Å². The van der Waals surface area contributed by atoms with Gasteiger partial charge in [0, 0.05) is 5.54 Å². The van der Waals surface area contributed by atoms with Crippen molar-refractivity contribution in [3.8, 4) is 0 Å². The average Bonchev–Trinajstić information content (AvgIpc) is 2.61. The summed E-state index contributed by atoms with van der Waals surface area (Å²) in [6.45, 7) is 3.76. The Labute approximate surface area is 111 Å². The Bertz CT molecular complexity index is 386. The Morgan fingerprint density at radius 2 is 1.50 bits per heavy atom. The molecule has 1 aromatic rings. The van der Waals surface area contributed by atoms with Gasteiger partial charge in [-0.25, -0.2) is 0 Å². The van der Waals surface area contributed by atoms with Gasteiger partial charge in [-0.15, -0.1) is 0 Å². The van der Waals surface area contributed by atoms with E-state index in [-0.39, 0.29) is 0 Å². The zero-order valence-corrected chi connectivity index (χ0v) is 12.2. The second kappa shape index (κ2) is 5.15. The molecule has 0 unspecified atom stereocenters. The molecule has 0 aromatic heterocycles. The molecule has 3 rings (SSSR count). The van der Waals surface area contributed by atoms with Gasteiger partial charge in [0.25, 0.3) is 0 Å². The largest absolute Gasteiger partial charge is 0.390 e. The Morgan fingerprint density at radius 3 is 2.06 bits per heavy atom. The van der Waals surface area contributed by atoms with E-state index in [0.717, 1.165) is 13.2 Å². The van der Waals surface area contributed by atoms with Gasteiger partial charge in [0.1, 0.15) is 0 Å². The van der Waals surface area contributed by atoms with Gasteiger partial charge in [0.15, 0.2) is 0 Å². The van der Waals surface area contributed by atoms with Gasteiger partial charge in [-0.2, -0.15) is 0 Å². The van der Waals surface area contributed by atoms with Crippen molar-refractivity contribution in [2.75, 3.05) is 0 Å². The van der Waals surface area contributed by atoms with E-state index in [9.17, 15) is 0 Å². The molecule has 2 aliphatic rings. The van der Waals surface area contributed by atoms with Gasteiger partial charge in [0.2, 0.25) is 0 Å². The lowest BCUT2D eigenvalue weighted by Crippen LogP contribution is -2.43. The third-order valence-electron chi connectivity index (χ3n) is 4.49. The van der Waals surface area contributed by atoms with Crippen LogP contribution in [0.15, 0.2) is 24.3 Å². The minimum absolute atomic E-state index is 0.695. The van der Waals surface area contributed by atoms with Crippen molar-refractivity contribution in [3.05, 3.63) is 35.4 Å². The van der Waals surface area contributed by atoms with Crippen LogP contribution in [0.3, 0.4) is 0 Å². The molecular formula is C15H22O2Si. The van der Waals surface area contributed by atoms with E-state index in [2.05, 4.69) is 30.8 Å². The fourth-order valence-electron chi connectivity index (χ4n) is 3.19. The first-order valence-electron chi connectivity index (χ1n) is 7.13. The van der Waals surface area contributed by atoms with Gasteiger partial charge in [-0.1, -0.05) is 43.5 Å². The van der Waals surface area contributed by atoms with Crippen molar-refractivity contribution in [2.24, 2.45) is 0 Å². The van der Waals surface area contributed by atoms with E-state index in [1.165, 1.54) is 43.2 Å². The summed E-state index contributed by atoms with van der Waals surface area (Å²) < 4.78 is 12.5. The quantitative estimate of drug-likeness (QED) is 0.708. The maximum Gasteiger partial charge on any atom is 0.338 e. The Hall–Kier alpha value is -0.643. The molecule has 1 aliphatic carbocycles. The average molecular weight is 262 g/mol. The van der Waals surface area contributed by atoms with Crippen LogP contribution in [0.4, 0.5) is 0 Å². The van der Waals surface area contributed by atoms with E-state index < -0.39 is 8.56 Å². The third-order valence-corrected chi connectivity index (χ3v) is 7.99. The maximum atomic E-state index is 6.27. The van der Waals surface area contributed by atoms with Crippen LogP contribution < -0.4 is 0 Å². The predicted molar refractivity (Wildman–Crippen MR) is 74.5 cm³/mol. The summed E-state index contributed by atoms with van der Waals surface area (Å²) in [5.74, 6) is 0. The zero-order valence-electron chi connectivity index (χ0n) is 11.2. The van der Waals surface area contributed by atoms with Crippen molar-refractivity contribution in [3.63, 3.8) is 0 Å². The van der Waals surface area contributed by atoms with Crippen LogP contribution in [-0.2, 0) is 22.1 Å². The van der Waals surface area contributed by atoms with Gasteiger partial charge >= 0.3 is 8.56 Å². The molecule has 1 saturated carbocycles. The lowest BCUT2D eigenvalue weighted by atomic mass is 10.0. The van der Waals surface area contributed by atoms with Crippen LogP contribution in [-0.4, -0.2) is 8.56 Å². The molecule has 1 fully saturated rings. The van der Waals surface area contributed by atoms with Crippen LogP contribution in [0.2, 0.25) is 12.1 Å². The molecule has 0 spiro atoms. The van der Waals surface area contributed by atoms with Crippen LogP contribution in [0.5, 0.6) is 0 Å². The molecule has 0 atom stereocenters. The molecule has 0 amide bonds. The topological polar surface area (TPSA) is 18.5 Å². The molecule has 0 saturated heterocycles. The van der Waals surface area contributed by atoms with Gasteiger partial charge in [0.05, 0.1) is 13.2 Å². The second-order valence-corrected chi connectivity index (χ2v) is 9.12. The van der Waals surface area contributed by atoms with Crippen molar-refractivity contribution in [2.45, 2.75) is 57.4 Å².